The highest BCUT2D eigenvalue weighted by molar-refractivity contribution is 6.30. The summed E-state index contributed by atoms with van der Waals surface area (Å²) in [5.41, 5.74) is 6.76. The van der Waals surface area contributed by atoms with E-state index in [0.717, 1.165) is 18.4 Å². The number of hydrogen-bond acceptors (Lipinski definition) is 3. The van der Waals surface area contributed by atoms with E-state index in [4.69, 9.17) is 22.1 Å². The van der Waals surface area contributed by atoms with E-state index in [-0.39, 0.29) is 11.4 Å². The molecule has 16 heavy (non-hydrogen) atoms. The van der Waals surface area contributed by atoms with Crippen molar-refractivity contribution in [3.63, 3.8) is 0 Å². The third kappa shape index (κ3) is 1.81. The third-order valence-electron chi connectivity index (χ3n) is 3.26. The highest BCUT2D eigenvalue weighted by atomic mass is 35.5. The summed E-state index contributed by atoms with van der Waals surface area (Å²) in [6.07, 6.45) is 1.84. The minimum atomic E-state index is -0.585. The van der Waals surface area contributed by atoms with Gasteiger partial charge in [-0.2, -0.15) is 0 Å². The lowest BCUT2D eigenvalue weighted by atomic mass is 9.88. The molecule has 0 amide bonds. The third-order valence-corrected chi connectivity index (χ3v) is 3.51. The Morgan fingerprint density at radius 1 is 1.44 bits per heavy atom. The molecule has 1 aromatic rings. The Labute approximate surface area is 99.5 Å². The van der Waals surface area contributed by atoms with Gasteiger partial charge in [0.25, 0.3) is 0 Å². The maximum absolute atomic E-state index is 11.5. The van der Waals surface area contributed by atoms with E-state index in [1.807, 2.05) is 24.3 Å². The predicted molar refractivity (Wildman–Crippen MR) is 62.4 cm³/mol. The molecule has 1 saturated carbocycles. The first kappa shape index (κ1) is 11.4. The van der Waals surface area contributed by atoms with Crippen molar-refractivity contribution >= 4 is 17.6 Å². The number of hydrogen-bond donors (Lipinski definition) is 1. The second-order valence-corrected chi connectivity index (χ2v) is 4.60. The van der Waals surface area contributed by atoms with E-state index in [9.17, 15) is 4.79 Å². The first-order valence-corrected chi connectivity index (χ1v) is 5.57. The van der Waals surface area contributed by atoms with Gasteiger partial charge in [0.2, 0.25) is 0 Å². The fourth-order valence-corrected chi connectivity index (χ4v) is 2.17. The predicted octanol–water partition coefficient (Wildman–Crippen LogP) is 1.87. The zero-order chi connectivity index (χ0) is 11.8. The molecule has 1 aliphatic rings. The number of nitrogens with two attached hydrogens (primary N) is 1. The van der Waals surface area contributed by atoms with Crippen molar-refractivity contribution in [2.75, 3.05) is 7.11 Å². The summed E-state index contributed by atoms with van der Waals surface area (Å²) >= 11 is 5.83. The minimum Gasteiger partial charge on any atom is -0.468 e. The van der Waals surface area contributed by atoms with Crippen LogP contribution in [0.1, 0.15) is 18.4 Å². The molecule has 3 nitrogen and oxygen atoms in total. The standard InChI is InChI=1S/C12H14ClNO2/c1-16-11(15)10(14)12(6-7-12)8-2-4-9(13)5-3-8/h2-5,10H,6-7,14H2,1H3. The molecule has 0 heterocycles. The maximum Gasteiger partial charge on any atom is 0.323 e. The molecule has 1 aliphatic carbocycles. The van der Waals surface area contributed by atoms with Gasteiger partial charge in [0.05, 0.1) is 7.11 Å². The first-order chi connectivity index (χ1) is 7.60. The summed E-state index contributed by atoms with van der Waals surface area (Å²) in [6, 6.07) is 6.91. The SMILES string of the molecule is COC(=O)C(N)C1(c2ccc(Cl)cc2)CC1. The molecule has 0 saturated heterocycles. The first-order valence-electron chi connectivity index (χ1n) is 5.19. The highest BCUT2D eigenvalue weighted by Gasteiger charge is 2.52. The molecule has 86 valence electrons. The summed E-state index contributed by atoms with van der Waals surface area (Å²) in [4.78, 5) is 11.5. The number of ether oxygens (including phenoxy) is 1. The Kier molecular flexibility index (Phi) is 2.91. The summed E-state index contributed by atoms with van der Waals surface area (Å²) in [5, 5.41) is 0.686. The molecule has 2 rings (SSSR count). The van der Waals surface area contributed by atoms with Crippen LogP contribution in [0, 0.1) is 0 Å². The van der Waals surface area contributed by atoms with E-state index in [1.54, 1.807) is 0 Å². The molecule has 0 radical (unpaired) electrons. The lowest BCUT2D eigenvalue weighted by Crippen LogP contribution is -2.42. The van der Waals surface area contributed by atoms with Crippen molar-refractivity contribution in [2.45, 2.75) is 24.3 Å². The molecule has 1 atom stereocenters. The van der Waals surface area contributed by atoms with Crippen LogP contribution in [0.3, 0.4) is 0 Å². The second-order valence-electron chi connectivity index (χ2n) is 4.16. The minimum absolute atomic E-state index is 0.238. The van der Waals surface area contributed by atoms with E-state index < -0.39 is 6.04 Å². The van der Waals surface area contributed by atoms with Crippen LogP contribution in [0.2, 0.25) is 5.02 Å². The van der Waals surface area contributed by atoms with Gasteiger partial charge in [-0.15, -0.1) is 0 Å². The molecule has 0 bridgehead atoms. The number of esters is 1. The van der Waals surface area contributed by atoms with Crippen LogP contribution < -0.4 is 5.73 Å². The van der Waals surface area contributed by atoms with Gasteiger partial charge in [-0.3, -0.25) is 4.79 Å². The molecule has 1 unspecified atom stereocenters. The number of methoxy groups -OCH3 is 1. The van der Waals surface area contributed by atoms with Crippen molar-refractivity contribution < 1.29 is 9.53 Å². The van der Waals surface area contributed by atoms with Crippen LogP contribution in [0.5, 0.6) is 0 Å². The van der Waals surface area contributed by atoms with Gasteiger partial charge < -0.3 is 10.5 Å². The Bertz CT molecular complexity index is 398. The summed E-state index contributed by atoms with van der Waals surface area (Å²) in [5.74, 6) is -0.354. The molecule has 1 aromatic carbocycles. The van der Waals surface area contributed by atoms with Gasteiger partial charge in [-0.25, -0.2) is 0 Å². The molecule has 0 spiro atoms. The Hall–Kier alpha value is -1.06. The summed E-state index contributed by atoms with van der Waals surface area (Å²) < 4.78 is 4.69. The van der Waals surface area contributed by atoms with Crippen LogP contribution in [0.4, 0.5) is 0 Å². The number of rotatable bonds is 3. The number of benzene rings is 1. The van der Waals surface area contributed by atoms with Gasteiger partial charge in [0, 0.05) is 10.4 Å². The highest BCUT2D eigenvalue weighted by Crippen LogP contribution is 2.50. The van der Waals surface area contributed by atoms with Crippen LogP contribution >= 0.6 is 11.6 Å². The van der Waals surface area contributed by atoms with E-state index in [0.29, 0.717) is 5.02 Å². The number of halogens is 1. The van der Waals surface area contributed by atoms with E-state index in [2.05, 4.69) is 0 Å². The molecule has 0 aromatic heterocycles. The lowest BCUT2D eigenvalue weighted by molar-refractivity contribution is -0.143. The number of carbonyl (C=O) groups excluding carboxylic acids is 1. The van der Waals surface area contributed by atoms with Crippen molar-refractivity contribution in [2.24, 2.45) is 5.73 Å². The van der Waals surface area contributed by atoms with Gasteiger partial charge in [-0.1, -0.05) is 23.7 Å². The zero-order valence-electron chi connectivity index (χ0n) is 9.07. The smallest absolute Gasteiger partial charge is 0.323 e. The monoisotopic (exact) mass is 239 g/mol. The van der Waals surface area contributed by atoms with Crippen molar-refractivity contribution in [1.82, 2.24) is 0 Å². The topological polar surface area (TPSA) is 52.3 Å². The molecule has 4 heteroatoms. The molecule has 1 fully saturated rings. The van der Waals surface area contributed by atoms with Gasteiger partial charge in [0.15, 0.2) is 0 Å². The average Bonchev–Trinajstić information content (AvgIpc) is 3.09. The maximum atomic E-state index is 11.5. The van der Waals surface area contributed by atoms with E-state index >= 15 is 0 Å². The number of carbonyl (C=O) groups is 1. The van der Waals surface area contributed by atoms with Crippen LogP contribution in [-0.2, 0) is 14.9 Å². The Morgan fingerprint density at radius 3 is 2.44 bits per heavy atom. The fraction of sp³-hybridized carbons (Fsp3) is 0.417. The van der Waals surface area contributed by atoms with Gasteiger partial charge in [-0.05, 0) is 30.5 Å². The largest absolute Gasteiger partial charge is 0.468 e. The average molecular weight is 240 g/mol. The molecule has 2 N–H and O–H groups in total. The molecular weight excluding hydrogens is 226 g/mol. The second kappa shape index (κ2) is 4.07. The molecule has 0 aliphatic heterocycles. The summed E-state index contributed by atoms with van der Waals surface area (Å²) in [6.45, 7) is 0. The fourth-order valence-electron chi connectivity index (χ4n) is 2.05. The zero-order valence-corrected chi connectivity index (χ0v) is 9.83. The van der Waals surface area contributed by atoms with Crippen molar-refractivity contribution in [1.29, 1.82) is 0 Å². The van der Waals surface area contributed by atoms with Crippen molar-refractivity contribution in [3.05, 3.63) is 34.9 Å². The van der Waals surface area contributed by atoms with Gasteiger partial charge >= 0.3 is 5.97 Å². The van der Waals surface area contributed by atoms with Crippen LogP contribution in [0.15, 0.2) is 24.3 Å². The Balaban J connectivity index is 2.26. The van der Waals surface area contributed by atoms with Gasteiger partial charge in [0.1, 0.15) is 6.04 Å². The van der Waals surface area contributed by atoms with E-state index in [1.165, 1.54) is 7.11 Å². The summed E-state index contributed by atoms with van der Waals surface area (Å²) in [7, 11) is 1.36. The molecular formula is C12H14ClNO2. The van der Waals surface area contributed by atoms with Crippen LogP contribution in [0.25, 0.3) is 0 Å². The Morgan fingerprint density at radius 2 is 2.00 bits per heavy atom. The quantitative estimate of drug-likeness (QED) is 0.820. The normalized spacial score (nSPS) is 18.9. The van der Waals surface area contributed by atoms with Crippen LogP contribution in [-0.4, -0.2) is 19.1 Å². The lowest BCUT2D eigenvalue weighted by Gasteiger charge is -2.21. The van der Waals surface area contributed by atoms with Crippen molar-refractivity contribution in [3.8, 4) is 0 Å².